The first-order valence-electron chi connectivity index (χ1n) is 23.7. The summed E-state index contributed by atoms with van der Waals surface area (Å²) in [5, 5.41) is 13.1. The van der Waals surface area contributed by atoms with Crippen LogP contribution in [0.4, 0.5) is 34.3 Å². The van der Waals surface area contributed by atoms with Crippen molar-refractivity contribution in [2.45, 2.75) is 6.92 Å². The SMILES string of the molecule is Cc1c(N(c2ccccc2)c2ccc3ccccc3c2)ccc2c(-c3ccccc3)c3nc(N(c4ccccc4)c4ccc5ccccc5c4)ccc3c(-c3cc4ccccc4c4ccccc34)c12. The molecule has 0 bridgehead atoms. The molecule has 0 aliphatic heterocycles. The highest BCUT2D eigenvalue weighted by Crippen LogP contribution is 2.51. The van der Waals surface area contributed by atoms with Gasteiger partial charge in [-0.15, -0.1) is 0 Å². The van der Waals surface area contributed by atoms with E-state index in [9.17, 15) is 0 Å². The molecule has 12 aromatic carbocycles. The molecule has 3 nitrogen and oxygen atoms in total. The number of nitrogens with zero attached hydrogens (tertiary/aromatic N) is 3. The second-order valence-electron chi connectivity index (χ2n) is 17.9. The Morgan fingerprint density at radius 1 is 0.319 bits per heavy atom. The maximum Gasteiger partial charge on any atom is 0.138 e. The third kappa shape index (κ3) is 6.86. The van der Waals surface area contributed by atoms with E-state index in [1.54, 1.807) is 0 Å². The van der Waals surface area contributed by atoms with Crippen LogP contribution >= 0.6 is 0 Å². The van der Waals surface area contributed by atoms with Crippen LogP contribution in [0.25, 0.3) is 87.0 Å². The number of hydrogen-bond donors (Lipinski definition) is 0. The predicted octanol–water partition coefficient (Wildman–Crippen LogP) is 18.6. The van der Waals surface area contributed by atoms with Gasteiger partial charge >= 0.3 is 0 Å². The number of fused-ring (bicyclic) bond motifs is 7. The fraction of sp³-hybridized carbons (Fsp3) is 0.0152. The van der Waals surface area contributed by atoms with Crippen molar-refractivity contribution in [3.8, 4) is 22.3 Å². The van der Waals surface area contributed by atoms with Crippen molar-refractivity contribution in [3.05, 3.63) is 260 Å². The first kappa shape index (κ1) is 40.2. The van der Waals surface area contributed by atoms with Gasteiger partial charge in [0, 0.05) is 39.4 Å². The number of aryl methyl sites for hydroxylation is 1. The van der Waals surface area contributed by atoms with E-state index < -0.39 is 0 Å². The molecule has 324 valence electrons. The van der Waals surface area contributed by atoms with Crippen LogP contribution in [0.15, 0.2) is 255 Å². The molecule has 13 aromatic rings. The number of para-hydroxylation sites is 2. The van der Waals surface area contributed by atoms with Gasteiger partial charge in [0.2, 0.25) is 0 Å². The number of pyridine rings is 1. The molecule has 0 N–H and O–H groups in total. The molecule has 0 spiro atoms. The highest BCUT2D eigenvalue weighted by molar-refractivity contribution is 6.26. The Balaban J connectivity index is 1.17. The summed E-state index contributed by atoms with van der Waals surface area (Å²) in [5.74, 6) is 0.842. The van der Waals surface area contributed by atoms with E-state index >= 15 is 0 Å². The van der Waals surface area contributed by atoms with E-state index in [1.165, 1.54) is 65.2 Å². The molecule has 0 aliphatic carbocycles. The maximum atomic E-state index is 5.89. The van der Waals surface area contributed by atoms with Crippen molar-refractivity contribution < 1.29 is 0 Å². The Morgan fingerprint density at radius 2 is 0.826 bits per heavy atom. The smallest absolute Gasteiger partial charge is 0.138 e. The highest BCUT2D eigenvalue weighted by atomic mass is 15.2. The van der Waals surface area contributed by atoms with Gasteiger partial charge in [0.1, 0.15) is 5.82 Å². The highest BCUT2D eigenvalue weighted by Gasteiger charge is 2.26. The molecule has 0 aliphatic rings. The summed E-state index contributed by atoms with van der Waals surface area (Å²) in [5.41, 5.74) is 12.1. The molecule has 0 unspecified atom stereocenters. The Hall–Kier alpha value is -9.05. The fourth-order valence-electron chi connectivity index (χ4n) is 10.8. The van der Waals surface area contributed by atoms with E-state index in [1.807, 2.05) is 0 Å². The Kier molecular flexibility index (Phi) is 9.73. The van der Waals surface area contributed by atoms with Crippen molar-refractivity contribution in [1.82, 2.24) is 4.98 Å². The van der Waals surface area contributed by atoms with Crippen molar-refractivity contribution in [2.24, 2.45) is 0 Å². The van der Waals surface area contributed by atoms with Gasteiger partial charge in [-0.05, 0) is 156 Å². The molecule has 0 saturated carbocycles. The standard InChI is InChI=1S/C66H45N3/c1-44-61(68(51-26-7-3-8-27-51)53-35-33-45-19-11-13-23-48(45)41-53)39-37-58-63(44)65(60-43-50-25-15-16-30-55(50)56-31-17-18-32-57(56)60)59-38-40-62(67-66(59)64(58)47-21-5-2-6-22-47)69(52-28-9-4-10-29-52)54-36-34-46-20-12-14-24-49(46)42-54/h2-43H,1H3. The summed E-state index contributed by atoms with van der Waals surface area (Å²) < 4.78 is 0. The molecule has 0 amide bonds. The zero-order chi connectivity index (χ0) is 45.8. The topological polar surface area (TPSA) is 19.4 Å². The van der Waals surface area contributed by atoms with Crippen LogP contribution in [0.5, 0.6) is 0 Å². The molecule has 0 radical (unpaired) electrons. The van der Waals surface area contributed by atoms with Crippen molar-refractivity contribution in [1.29, 1.82) is 0 Å². The Bertz CT molecular complexity index is 4090. The number of aromatic nitrogens is 1. The molecular weight excluding hydrogens is 835 g/mol. The number of benzene rings is 12. The van der Waals surface area contributed by atoms with Crippen molar-refractivity contribution >= 4 is 99.0 Å². The number of hydrogen-bond acceptors (Lipinski definition) is 3. The van der Waals surface area contributed by atoms with Crippen LogP contribution in [0, 0.1) is 6.92 Å². The first-order chi connectivity index (χ1) is 34.2. The predicted molar refractivity (Wildman–Crippen MR) is 294 cm³/mol. The molecule has 0 saturated heterocycles. The van der Waals surface area contributed by atoms with E-state index in [-0.39, 0.29) is 0 Å². The maximum absolute atomic E-state index is 5.89. The largest absolute Gasteiger partial charge is 0.310 e. The van der Waals surface area contributed by atoms with Crippen LogP contribution in [-0.2, 0) is 0 Å². The first-order valence-corrected chi connectivity index (χ1v) is 23.7. The van der Waals surface area contributed by atoms with Gasteiger partial charge in [-0.25, -0.2) is 4.98 Å². The van der Waals surface area contributed by atoms with Gasteiger partial charge < -0.3 is 4.90 Å². The van der Waals surface area contributed by atoms with Gasteiger partial charge in [-0.2, -0.15) is 0 Å². The normalized spacial score (nSPS) is 11.6. The van der Waals surface area contributed by atoms with E-state index in [0.29, 0.717) is 0 Å². The third-order valence-electron chi connectivity index (χ3n) is 13.9. The fourth-order valence-corrected chi connectivity index (χ4v) is 10.8. The van der Waals surface area contributed by atoms with Crippen molar-refractivity contribution in [3.63, 3.8) is 0 Å². The summed E-state index contributed by atoms with van der Waals surface area (Å²) in [4.78, 5) is 10.6. The third-order valence-corrected chi connectivity index (χ3v) is 13.9. The van der Waals surface area contributed by atoms with Gasteiger partial charge in [0.15, 0.2) is 0 Å². The average Bonchev–Trinajstić information content (AvgIpc) is 3.41. The Labute approximate surface area is 401 Å². The zero-order valence-electron chi connectivity index (χ0n) is 38.1. The zero-order valence-corrected chi connectivity index (χ0v) is 38.1. The van der Waals surface area contributed by atoms with Crippen molar-refractivity contribution in [2.75, 3.05) is 9.80 Å². The summed E-state index contributed by atoms with van der Waals surface area (Å²) in [6.45, 7) is 2.32. The molecule has 0 fully saturated rings. The summed E-state index contributed by atoms with van der Waals surface area (Å²) in [6.07, 6.45) is 0. The molecule has 3 heteroatoms. The van der Waals surface area contributed by atoms with Crippen LogP contribution in [-0.4, -0.2) is 4.98 Å². The van der Waals surface area contributed by atoms with E-state index in [0.717, 1.165) is 61.7 Å². The molecule has 69 heavy (non-hydrogen) atoms. The minimum absolute atomic E-state index is 0.842. The van der Waals surface area contributed by atoms with Gasteiger partial charge in [0.25, 0.3) is 0 Å². The molecule has 1 heterocycles. The van der Waals surface area contributed by atoms with Gasteiger partial charge in [-0.3, -0.25) is 4.90 Å². The lowest BCUT2D eigenvalue weighted by Crippen LogP contribution is -2.12. The molecular formula is C66H45N3. The minimum atomic E-state index is 0.842. The number of anilines is 6. The monoisotopic (exact) mass is 879 g/mol. The average molecular weight is 880 g/mol. The molecule has 0 atom stereocenters. The summed E-state index contributed by atoms with van der Waals surface area (Å²) >= 11 is 0. The van der Waals surface area contributed by atoms with Crippen LogP contribution in [0.1, 0.15) is 5.56 Å². The number of rotatable bonds is 8. The van der Waals surface area contributed by atoms with Crippen LogP contribution < -0.4 is 9.80 Å². The van der Waals surface area contributed by atoms with Gasteiger partial charge in [0.05, 0.1) is 5.52 Å². The molecule has 1 aromatic heterocycles. The second kappa shape index (κ2) is 16.7. The minimum Gasteiger partial charge on any atom is -0.310 e. The lowest BCUT2D eigenvalue weighted by Gasteiger charge is -2.30. The second-order valence-corrected chi connectivity index (χ2v) is 17.9. The lowest BCUT2D eigenvalue weighted by molar-refractivity contribution is 1.21. The van der Waals surface area contributed by atoms with Crippen LogP contribution in [0.3, 0.4) is 0 Å². The Morgan fingerprint density at radius 3 is 1.48 bits per heavy atom. The summed E-state index contributed by atoms with van der Waals surface area (Å²) in [6, 6.07) is 92.3. The molecule has 13 rings (SSSR count). The van der Waals surface area contributed by atoms with Gasteiger partial charge in [-0.1, -0.05) is 182 Å². The van der Waals surface area contributed by atoms with E-state index in [2.05, 4.69) is 272 Å². The van der Waals surface area contributed by atoms with Crippen LogP contribution in [0.2, 0.25) is 0 Å². The summed E-state index contributed by atoms with van der Waals surface area (Å²) in [7, 11) is 0. The van der Waals surface area contributed by atoms with E-state index in [4.69, 9.17) is 4.98 Å². The quantitative estimate of drug-likeness (QED) is 0.112. The lowest BCUT2D eigenvalue weighted by atomic mass is 9.83.